The van der Waals surface area contributed by atoms with E-state index in [2.05, 4.69) is 29.1 Å². The summed E-state index contributed by atoms with van der Waals surface area (Å²) in [6.45, 7) is 4.60. The SMILES string of the molecule is CC1(C)CCC(Nc2nccc(N)n2)C1. The second-order valence-electron chi connectivity index (χ2n) is 5.05. The van der Waals surface area contributed by atoms with Crippen molar-refractivity contribution in [3.05, 3.63) is 12.3 Å². The highest BCUT2D eigenvalue weighted by atomic mass is 15.1. The van der Waals surface area contributed by atoms with Gasteiger partial charge in [0.2, 0.25) is 5.95 Å². The lowest BCUT2D eigenvalue weighted by molar-refractivity contribution is 0.378. The van der Waals surface area contributed by atoms with Gasteiger partial charge in [0.25, 0.3) is 0 Å². The number of rotatable bonds is 2. The van der Waals surface area contributed by atoms with Crippen molar-refractivity contribution >= 4 is 11.8 Å². The molecule has 1 aliphatic carbocycles. The summed E-state index contributed by atoms with van der Waals surface area (Å²) >= 11 is 0. The van der Waals surface area contributed by atoms with Gasteiger partial charge < -0.3 is 11.1 Å². The van der Waals surface area contributed by atoms with Crippen molar-refractivity contribution < 1.29 is 0 Å². The molecular weight excluding hydrogens is 188 g/mol. The Balaban J connectivity index is 1.99. The minimum atomic E-state index is 0.442. The van der Waals surface area contributed by atoms with Crippen molar-refractivity contribution in [2.45, 2.75) is 39.2 Å². The number of hydrogen-bond acceptors (Lipinski definition) is 4. The Morgan fingerprint density at radius 1 is 1.53 bits per heavy atom. The van der Waals surface area contributed by atoms with Gasteiger partial charge in [0.15, 0.2) is 0 Å². The molecule has 82 valence electrons. The van der Waals surface area contributed by atoms with Crippen molar-refractivity contribution in [2.75, 3.05) is 11.1 Å². The molecule has 1 aliphatic rings. The van der Waals surface area contributed by atoms with Crippen LogP contribution in [0.15, 0.2) is 12.3 Å². The number of nitrogens with zero attached hydrogens (tertiary/aromatic N) is 2. The highest BCUT2D eigenvalue weighted by molar-refractivity contribution is 5.35. The zero-order chi connectivity index (χ0) is 10.9. The van der Waals surface area contributed by atoms with E-state index >= 15 is 0 Å². The molecule has 1 aromatic heterocycles. The average Bonchev–Trinajstić information content (AvgIpc) is 2.45. The van der Waals surface area contributed by atoms with Gasteiger partial charge in [0.05, 0.1) is 0 Å². The largest absolute Gasteiger partial charge is 0.384 e. The van der Waals surface area contributed by atoms with E-state index in [1.54, 1.807) is 12.3 Å². The quantitative estimate of drug-likeness (QED) is 0.777. The molecule has 0 aliphatic heterocycles. The van der Waals surface area contributed by atoms with Gasteiger partial charge in [-0.25, -0.2) is 4.98 Å². The minimum Gasteiger partial charge on any atom is -0.384 e. The minimum absolute atomic E-state index is 0.442. The average molecular weight is 206 g/mol. The fourth-order valence-corrected chi connectivity index (χ4v) is 2.18. The van der Waals surface area contributed by atoms with Crippen molar-refractivity contribution in [1.82, 2.24) is 9.97 Å². The molecule has 0 spiro atoms. The third kappa shape index (κ3) is 2.58. The Morgan fingerprint density at radius 3 is 2.93 bits per heavy atom. The molecule has 1 atom stereocenters. The molecule has 1 unspecified atom stereocenters. The molecule has 1 saturated carbocycles. The maximum atomic E-state index is 5.60. The Kier molecular flexibility index (Phi) is 2.50. The third-order valence-electron chi connectivity index (χ3n) is 2.98. The second-order valence-corrected chi connectivity index (χ2v) is 5.05. The number of aromatic nitrogens is 2. The maximum absolute atomic E-state index is 5.60. The number of nitrogens with two attached hydrogens (primary N) is 1. The molecule has 0 amide bonds. The lowest BCUT2D eigenvalue weighted by atomic mass is 9.92. The molecule has 0 radical (unpaired) electrons. The number of anilines is 2. The highest BCUT2D eigenvalue weighted by Crippen LogP contribution is 2.37. The van der Waals surface area contributed by atoms with Crippen molar-refractivity contribution in [1.29, 1.82) is 0 Å². The first-order valence-corrected chi connectivity index (χ1v) is 5.40. The normalized spacial score (nSPS) is 24.0. The van der Waals surface area contributed by atoms with Crippen LogP contribution in [-0.2, 0) is 0 Å². The molecule has 0 aromatic carbocycles. The Morgan fingerprint density at radius 2 is 2.33 bits per heavy atom. The van der Waals surface area contributed by atoms with Gasteiger partial charge in [0.1, 0.15) is 5.82 Å². The summed E-state index contributed by atoms with van der Waals surface area (Å²) in [6, 6.07) is 2.19. The lowest BCUT2D eigenvalue weighted by Crippen LogP contribution is -2.19. The Labute approximate surface area is 90.3 Å². The fraction of sp³-hybridized carbons (Fsp3) is 0.636. The zero-order valence-corrected chi connectivity index (χ0v) is 9.33. The Bertz CT molecular complexity index is 348. The molecule has 3 N–H and O–H groups in total. The summed E-state index contributed by atoms with van der Waals surface area (Å²) in [6.07, 6.45) is 5.30. The van der Waals surface area contributed by atoms with E-state index < -0.39 is 0 Å². The second kappa shape index (κ2) is 3.68. The zero-order valence-electron chi connectivity index (χ0n) is 9.33. The van der Waals surface area contributed by atoms with E-state index in [1.165, 1.54) is 19.3 Å². The molecule has 4 heteroatoms. The first-order valence-electron chi connectivity index (χ1n) is 5.40. The molecule has 0 saturated heterocycles. The fourth-order valence-electron chi connectivity index (χ4n) is 2.18. The number of hydrogen-bond donors (Lipinski definition) is 2. The van der Waals surface area contributed by atoms with Crippen LogP contribution in [0.5, 0.6) is 0 Å². The summed E-state index contributed by atoms with van der Waals surface area (Å²) in [5.74, 6) is 1.17. The standard InChI is InChI=1S/C11H18N4/c1-11(2)5-3-8(7-11)14-10-13-6-4-9(12)15-10/h4,6,8H,3,5,7H2,1-2H3,(H3,12,13,14,15). The maximum Gasteiger partial charge on any atom is 0.224 e. The van der Waals surface area contributed by atoms with Crippen LogP contribution in [0.3, 0.4) is 0 Å². The van der Waals surface area contributed by atoms with E-state index in [0.717, 1.165) is 0 Å². The monoisotopic (exact) mass is 206 g/mol. The van der Waals surface area contributed by atoms with Crippen LogP contribution in [0.2, 0.25) is 0 Å². The lowest BCUT2D eigenvalue weighted by Gasteiger charge is -2.17. The van der Waals surface area contributed by atoms with Crippen LogP contribution in [0.4, 0.5) is 11.8 Å². The molecule has 2 rings (SSSR count). The summed E-state index contributed by atoms with van der Waals surface area (Å²) in [5.41, 5.74) is 6.04. The van der Waals surface area contributed by atoms with Gasteiger partial charge in [-0.2, -0.15) is 4.98 Å². The van der Waals surface area contributed by atoms with E-state index in [9.17, 15) is 0 Å². The number of nitrogens with one attached hydrogen (secondary N) is 1. The van der Waals surface area contributed by atoms with Gasteiger partial charge >= 0.3 is 0 Å². The number of nitrogen functional groups attached to an aromatic ring is 1. The topological polar surface area (TPSA) is 63.8 Å². The first kappa shape index (κ1) is 10.2. The van der Waals surface area contributed by atoms with Gasteiger partial charge in [-0.1, -0.05) is 13.8 Å². The van der Waals surface area contributed by atoms with Crippen LogP contribution in [0, 0.1) is 5.41 Å². The highest BCUT2D eigenvalue weighted by Gasteiger charge is 2.31. The summed E-state index contributed by atoms with van der Waals surface area (Å²) < 4.78 is 0. The van der Waals surface area contributed by atoms with E-state index in [0.29, 0.717) is 23.2 Å². The van der Waals surface area contributed by atoms with E-state index in [4.69, 9.17) is 5.73 Å². The van der Waals surface area contributed by atoms with Crippen LogP contribution in [-0.4, -0.2) is 16.0 Å². The molecule has 0 bridgehead atoms. The summed E-state index contributed by atoms with van der Waals surface area (Å²) in [5, 5.41) is 3.34. The van der Waals surface area contributed by atoms with Gasteiger partial charge in [-0.05, 0) is 30.7 Å². The van der Waals surface area contributed by atoms with Crippen molar-refractivity contribution in [3.8, 4) is 0 Å². The van der Waals surface area contributed by atoms with Crippen molar-refractivity contribution in [3.63, 3.8) is 0 Å². The van der Waals surface area contributed by atoms with Gasteiger partial charge in [-0.3, -0.25) is 0 Å². The Hall–Kier alpha value is -1.32. The molecular formula is C11H18N4. The predicted octanol–water partition coefficient (Wildman–Crippen LogP) is 2.05. The molecule has 1 aromatic rings. The summed E-state index contributed by atoms with van der Waals surface area (Å²) in [7, 11) is 0. The van der Waals surface area contributed by atoms with Crippen LogP contribution < -0.4 is 11.1 Å². The van der Waals surface area contributed by atoms with Gasteiger partial charge in [0, 0.05) is 12.2 Å². The van der Waals surface area contributed by atoms with E-state index in [-0.39, 0.29) is 0 Å². The van der Waals surface area contributed by atoms with E-state index in [1.807, 2.05) is 0 Å². The van der Waals surface area contributed by atoms with Crippen LogP contribution in [0.1, 0.15) is 33.1 Å². The predicted molar refractivity (Wildman–Crippen MR) is 61.5 cm³/mol. The molecule has 15 heavy (non-hydrogen) atoms. The first-order chi connectivity index (χ1) is 7.05. The van der Waals surface area contributed by atoms with Crippen molar-refractivity contribution in [2.24, 2.45) is 5.41 Å². The summed E-state index contributed by atoms with van der Waals surface area (Å²) in [4.78, 5) is 8.29. The molecule has 1 heterocycles. The van der Waals surface area contributed by atoms with Crippen LogP contribution >= 0.6 is 0 Å². The van der Waals surface area contributed by atoms with Crippen LogP contribution in [0.25, 0.3) is 0 Å². The molecule has 1 fully saturated rings. The smallest absolute Gasteiger partial charge is 0.224 e. The third-order valence-corrected chi connectivity index (χ3v) is 2.98. The molecule has 4 nitrogen and oxygen atoms in total. The van der Waals surface area contributed by atoms with Gasteiger partial charge in [-0.15, -0.1) is 0 Å².